The highest BCUT2D eigenvalue weighted by atomic mass is 16.6. The van der Waals surface area contributed by atoms with Gasteiger partial charge >= 0.3 is 6.09 Å². The van der Waals surface area contributed by atoms with E-state index < -0.39 is 0 Å². The fourth-order valence-electron chi connectivity index (χ4n) is 5.41. The van der Waals surface area contributed by atoms with Crippen molar-refractivity contribution in [2.45, 2.75) is 88.9 Å². The zero-order chi connectivity index (χ0) is 17.2. The minimum atomic E-state index is -0.335. The molecule has 4 aliphatic heterocycles. The third-order valence-electron chi connectivity index (χ3n) is 6.65. The molecule has 0 spiro atoms. The summed E-state index contributed by atoms with van der Waals surface area (Å²) in [6.07, 6.45) is 5.02. The van der Waals surface area contributed by atoms with Crippen LogP contribution in [0.2, 0.25) is 0 Å². The van der Waals surface area contributed by atoms with Crippen molar-refractivity contribution in [2.24, 2.45) is 0 Å². The topological polar surface area (TPSA) is 51.2 Å². The Bertz CT molecular complexity index is 509. The van der Waals surface area contributed by atoms with Gasteiger partial charge in [-0.05, 0) is 59.8 Å². The van der Waals surface area contributed by atoms with Gasteiger partial charge in [-0.25, -0.2) is 9.69 Å². The molecule has 4 heterocycles. The zero-order valence-corrected chi connectivity index (χ0v) is 15.3. The van der Waals surface area contributed by atoms with Crippen LogP contribution in [0.1, 0.15) is 59.8 Å². The van der Waals surface area contributed by atoms with Gasteiger partial charge in [0.05, 0.1) is 13.2 Å². The van der Waals surface area contributed by atoms with Gasteiger partial charge in [0.25, 0.3) is 0 Å². The molecule has 0 aromatic rings. The van der Waals surface area contributed by atoms with E-state index in [4.69, 9.17) is 14.2 Å². The lowest BCUT2D eigenvalue weighted by Crippen LogP contribution is -2.57. The highest BCUT2D eigenvalue weighted by Gasteiger charge is 2.69. The maximum Gasteiger partial charge on any atom is 0.410 e. The molecule has 1 unspecified atom stereocenters. The smallest absolute Gasteiger partial charge is 0.410 e. The van der Waals surface area contributed by atoms with Gasteiger partial charge < -0.3 is 19.1 Å². The van der Waals surface area contributed by atoms with Crippen molar-refractivity contribution in [2.75, 3.05) is 19.8 Å². The van der Waals surface area contributed by atoms with Crippen molar-refractivity contribution in [1.82, 2.24) is 9.80 Å². The van der Waals surface area contributed by atoms with Gasteiger partial charge in [-0.3, -0.25) is 0 Å². The first-order valence-electron chi connectivity index (χ1n) is 9.33. The highest BCUT2D eigenvalue weighted by molar-refractivity contribution is 5.68. The molecule has 136 valence electrons. The number of ether oxygens (including phenoxy) is 3. The highest BCUT2D eigenvalue weighted by Crippen LogP contribution is 2.55. The van der Waals surface area contributed by atoms with Crippen LogP contribution in [0, 0.1) is 0 Å². The number of hydrogen-bond acceptors (Lipinski definition) is 5. The lowest BCUT2D eigenvalue weighted by molar-refractivity contribution is -0.125. The maximum absolute atomic E-state index is 12.7. The molecule has 4 rings (SSSR count). The Kier molecular flexibility index (Phi) is 3.68. The number of nitrogens with zero attached hydrogens (tertiary/aromatic N) is 2. The van der Waals surface area contributed by atoms with Gasteiger partial charge in [-0.1, -0.05) is 0 Å². The number of rotatable bonds is 2. The first-order chi connectivity index (χ1) is 11.3. The summed E-state index contributed by atoms with van der Waals surface area (Å²) >= 11 is 0. The molecule has 0 radical (unpaired) electrons. The summed E-state index contributed by atoms with van der Waals surface area (Å²) in [5.41, 5.74) is -0.912. The van der Waals surface area contributed by atoms with Crippen LogP contribution in [0.5, 0.6) is 0 Å². The zero-order valence-electron chi connectivity index (χ0n) is 15.3. The molecule has 0 aromatic carbocycles. The Balaban J connectivity index is 1.47. The number of amides is 1. The standard InChI is InChI=1S/C18H30N2O4/c1-13-6-5-7-14(2)19(13)15(21)22-10-18-11-23-16(3)8-9-17(4,20(16)18)24-12-18/h13-14H,5-12H2,1-4H3/t13-,14-,16-,17+,18?/m0/s1. The largest absolute Gasteiger partial charge is 0.447 e. The Morgan fingerprint density at radius 2 is 1.62 bits per heavy atom. The van der Waals surface area contributed by atoms with Crippen LogP contribution in [0.15, 0.2) is 0 Å². The molecule has 6 heteroatoms. The maximum atomic E-state index is 12.7. The SMILES string of the molecule is C[C@H]1CCC[C@H](C)N1C(=O)OCC12CO[C@]3(C)CC[C@](C)(OC1)N23. The predicted octanol–water partition coefficient (Wildman–Crippen LogP) is 2.71. The number of hydrogen-bond donors (Lipinski definition) is 0. The van der Waals surface area contributed by atoms with Gasteiger partial charge in [0.2, 0.25) is 0 Å². The van der Waals surface area contributed by atoms with E-state index in [1.165, 1.54) is 6.42 Å². The molecular formula is C18H30N2O4. The number of piperidine rings is 1. The van der Waals surface area contributed by atoms with E-state index in [2.05, 4.69) is 32.6 Å². The van der Waals surface area contributed by atoms with Gasteiger partial charge in [0.15, 0.2) is 0 Å². The molecule has 0 N–H and O–H groups in total. The molecule has 0 saturated carbocycles. The quantitative estimate of drug-likeness (QED) is 0.775. The van der Waals surface area contributed by atoms with Gasteiger partial charge in [-0.2, -0.15) is 0 Å². The summed E-state index contributed by atoms with van der Waals surface area (Å²) in [7, 11) is 0. The van der Waals surface area contributed by atoms with E-state index in [1.54, 1.807) is 0 Å². The Hall–Kier alpha value is -0.850. The third-order valence-corrected chi connectivity index (χ3v) is 6.65. The molecule has 4 aliphatic rings. The van der Waals surface area contributed by atoms with Crippen molar-refractivity contribution >= 4 is 6.09 Å². The minimum Gasteiger partial charge on any atom is -0.447 e. The summed E-state index contributed by atoms with van der Waals surface area (Å²) < 4.78 is 18.1. The molecule has 0 aromatic heterocycles. The summed E-state index contributed by atoms with van der Waals surface area (Å²) in [6.45, 7) is 9.96. The van der Waals surface area contributed by atoms with E-state index in [9.17, 15) is 4.79 Å². The van der Waals surface area contributed by atoms with Crippen LogP contribution in [0.3, 0.4) is 0 Å². The lowest BCUT2D eigenvalue weighted by Gasteiger charge is -2.40. The summed E-state index contributed by atoms with van der Waals surface area (Å²) in [5, 5.41) is 0. The normalized spacial score (nSPS) is 47.9. The number of likely N-dealkylation sites (tertiary alicyclic amines) is 1. The Morgan fingerprint density at radius 1 is 1.08 bits per heavy atom. The summed E-state index contributed by atoms with van der Waals surface area (Å²) in [4.78, 5) is 17.0. The van der Waals surface area contributed by atoms with E-state index >= 15 is 0 Å². The molecule has 0 aliphatic carbocycles. The second kappa shape index (κ2) is 5.32. The fraction of sp³-hybridized carbons (Fsp3) is 0.944. The van der Waals surface area contributed by atoms with Crippen molar-refractivity contribution in [3.8, 4) is 0 Å². The van der Waals surface area contributed by atoms with Crippen LogP contribution < -0.4 is 0 Å². The monoisotopic (exact) mass is 338 g/mol. The second-order valence-electron chi connectivity index (χ2n) is 8.58. The first kappa shape index (κ1) is 16.6. The van der Waals surface area contributed by atoms with Gasteiger partial charge in [-0.15, -0.1) is 0 Å². The Labute approximate surface area is 144 Å². The Morgan fingerprint density at radius 3 is 2.17 bits per heavy atom. The van der Waals surface area contributed by atoms with E-state index in [-0.39, 0.29) is 35.2 Å². The average molecular weight is 338 g/mol. The van der Waals surface area contributed by atoms with Crippen molar-refractivity contribution in [3.05, 3.63) is 0 Å². The van der Waals surface area contributed by atoms with E-state index in [0.717, 1.165) is 25.7 Å². The van der Waals surface area contributed by atoms with Crippen LogP contribution in [0.25, 0.3) is 0 Å². The number of carbonyl (C=O) groups is 1. The van der Waals surface area contributed by atoms with Gasteiger partial charge in [0.1, 0.15) is 23.6 Å². The third kappa shape index (κ3) is 2.22. The summed E-state index contributed by atoms with van der Waals surface area (Å²) in [5.74, 6) is 0. The van der Waals surface area contributed by atoms with E-state index in [1.807, 2.05) is 4.90 Å². The predicted molar refractivity (Wildman–Crippen MR) is 88.5 cm³/mol. The second-order valence-corrected chi connectivity index (χ2v) is 8.58. The molecule has 24 heavy (non-hydrogen) atoms. The van der Waals surface area contributed by atoms with Crippen LogP contribution in [-0.4, -0.2) is 64.8 Å². The molecule has 4 saturated heterocycles. The first-order valence-corrected chi connectivity index (χ1v) is 9.33. The average Bonchev–Trinajstić information content (AvgIpc) is 3.10. The van der Waals surface area contributed by atoms with Crippen molar-refractivity contribution < 1.29 is 19.0 Å². The molecule has 4 fully saturated rings. The van der Waals surface area contributed by atoms with Crippen molar-refractivity contribution in [3.63, 3.8) is 0 Å². The molecule has 6 nitrogen and oxygen atoms in total. The lowest BCUT2D eigenvalue weighted by atomic mass is 9.98. The van der Waals surface area contributed by atoms with Gasteiger partial charge in [0, 0.05) is 12.1 Å². The molecule has 0 bridgehead atoms. The molecule has 1 amide bonds. The van der Waals surface area contributed by atoms with Crippen molar-refractivity contribution in [1.29, 1.82) is 0 Å². The number of carbonyl (C=O) groups excluding carboxylic acids is 1. The fourth-order valence-corrected chi connectivity index (χ4v) is 5.41. The minimum absolute atomic E-state index is 0.189. The molecular weight excluding hydrogens is 308 g/mol. The van der Waals surface area contributed by atoms with E-state index in [0.29, 0.717) is 19.8 Å². The summed E-state index contributed by atoms with van der Waals surface area (Å²) in [6, 6.07) is 0.501. The van der Waals surface area contributed by atoms with Crippen LogP contribution >= 0.6 is 0 Å². The van der Waals surface area contributed by atoms with Crippen LogP contribution in [0.4, 0.5) is 4.79 Å². The molecule has 5 atom stereocenters. The van der Waals surface area contributed by atoms with Crippen LogP contribution in [-0.2, 0) is 14.2 Å².